The van der Waals surface area contributed by atoms with Crippen molar-refractivity contribution in [2.24, 2.45) is 0 Å². The lowest BCUT2D eigenvalue weighted by Gasteiger charge is -1.65. The molecule has 3 heteroatoms. The number of nitrogens with one attached hydrogen (secondary N) is 1. The van der Waals surface area contributed by atoms with Crippen molar-refractivity contribution in [3.05, 3.63) is 23.0 Å². The van der Waals surface area contributed by atoms with Crippen LogP contribution < -0.4 is 5.76 Å². The first-order valence-electron chi connectivity index (χ1n) is 1.43. The number of rotatable bonds is 0. The van der Waals surface area contributed by atoms with Gasteiger partial charge in [0.25, 0.3) is 5.76 Å². The van der Waals surface area contributed by atoms with E-state index < -0.39 is 5.76 Å². The van der Waals surface area contributed by atoms with Crippen molar-refractivity contribution in [1.29, 1.82) is 0 Å². The Labute approximate surface area is 33.6 Å². The summed E-state index contributed by atoms with van der Waals surface area (Å²) in [5.74, 6) is -0.463. The Morgan fingerprint density at radius 3 is 3.00 bits per heavy atom. The summed E-state index contributed by atoms with van der Waals surface area (Å²) in [6, 6.07) is 0. The van der Waals surface area contributed by atoms with Crippen LogP contribution in [0.3, 0.4) is 0 Å². The Kier molecular flexibility index (Phi) is 0.538. The van der Waals surface area contributed by atoms with E-state index in [2.05, 4.69) is 15.6 Å². The highest BCUT2D eigenvalue weighted by Gasteiger charge is 1.58. The molecule has 1 aromatic heterocycles. The molecule has 0 saturated carbocycles. The van der Waals surface area contributed by atoms with Crippen LogP contribution in [0.15, 0.2) is 15.5 Å². The molecule has 0 aliphatic heterocycles. The van der Waals surface area contributed by atoms with E-state index in [0.717, 1.165) is 0 Å². The monoisotopic (exact) mass is 84.0 g/mol. The van der Waals surface area contributed by atoms with Gasteiger partial charge >= 0.3 is 0 Å². The van der Waals surface area contributed by atoms with Crippen LogP contribution in [0, 0.1) is 6.20 Å². The minimum absolute atomic E-state index is 0.463. The molecular formula is C3H2NO2-. The average molecular weight is 84.1 g/mol. The molecule has 1 N–H and O–H groups in total. The minimum atomic E-state index is -0.463. The third-order valence-electron chi connectivity index (χ3n) is 0.399. The van der Waals surface area contributed by atoms with Gasteiger partial charge in [0.05, 0.1) is 0 Å². The van der Waals surface area contributed by atoms with Crippen molar-refractivity contribution < 1.29 is 4.42 Å². The summed E-state index contributed by atoms with van der Waals surface area (Å²) in [4.78, 5) is 12.0. The molecule has 0 fully saturated rings. The number of aromatic amines is 1. The second-order valence-corrected chi connectivity index (χ2v) is 0.792. The zero-order chi connectivity index (χ0) is 4.41. The number of hydrogen-bond donors (Lipinski definition) is 1. The molecule has 0 aromatic carbocycles. The van der Waals surface area contributed by atoms with Crippen LogP contribution >= 0.6 is 0 Å². The predicted octanol–water partition coefficient (Wildman–Crippen LogP) is -0.232. The first kappa shape index (κ1) is 3.21. The highest BCUT2D eigenvalue weighted by molar-refractivity contribution is 4.55. The van der Waals surface area contributed by atoms with Gasteiger partial charge in [-0.3, -0.25) is 0 Å². The number of H-pyrrole nitrogens is 1. The van der Waals surface area contributed by atoms with Crippen molar-refractivity contribution >= 4 is 0 Å². The molecule has 0 radical (unpaired) electrons. The van der Waals surface area contributed by atoms with Gasteiger partial charge in [-0.25, -0.2) is 0 Å². The SMILES string of the molecule is O=c1[nH][c-]co1. The number of aromatic nitrogens is 1. The highest BCUT2D eigenvalue weighted by Crippen LogP contribution is 1.61. The lowest BCUT2D eigenvalue weighted by molar-refractivity contribution is 0.515. The van der Waals surface area contributed by atoms with Crippen molar-refractivity contribution in [1.82, 2.24) is 4.98 Å². The second-order valence-electron chi connectivity index (χ2n) is 0.792. The van der Waals surface area contributed by atoms with Crippen molar-refractivity contribution in [3.8, 4) is 0 Å². The molecule has 0 aliphatic rings. The molecule has 0 bridgehead atoms. The van der Waals surface area contributed by atoms with Gasteiger partial charge in [-0.05, 0) is 6.26 Å². The van der Waals surface area contributed by atoms with Gasteiger partial charge in [0, 0.05) is 0 Å². The second kappa shape index (κ2) is 1.01. The maximum atomic E-state index is 9.82. The van der Waals surface area contributed by atoms with Gasteiger partial charge in [0.1, 0.15) is 0 Å². The molecule has 0 unspecified atom stereocenters. The molecule has 3 nitrogen and oxygen atoms in total. The summed E-state index contributed by atoms with van der Waals surface area (Å²) < 4.78 is 4.17. The molecule has 1 rings (SSSR count). The summed E-state index contributed by atoms with van der Waals surface area (Å²) >= 11 is 0. The van der Waals surface area contributed by atoms with Gasteiger partial charge in [0.15, 0.2) is 0 Å². The molecule has 0 saturated heterocycles. The molecule has 1 aromatic rings. The van der Waals surface area contributed by atoms with Gasteiger partial charge in [-0.1, -0.05) is 0 Å². The first-order chi connectivity index (χ1) is 2.89. The third kappa shape index (κ3) is 0.337. The van der Waals surface area contributed by atoms with E-state index >= 15 is 0 Å². The van der Waals surface area contributed by atoms with Crippen molar-refractivity contribution in [3.63, 3.8) is 0 Å². The predicted molar refractivity (Wildman–Crippen MR) is 18.2 cm³/mol. The van der Waals surface area contributed by atoms with Gasteiger partial charge in [0.2, 0.25) is 0 Å². The molecule has 1 heterocycles. The molecule has 0 aliphatic carbocycles. The van der Waals surface area contributed by atoms with Crippen LogP contribution in [0.2, 0.25) is 0 Å². The van der Waals surface area contributed by atoms with E-state index in [9.17, 15) is 4.79 Å². The van der Waals surface area contributed by atoms with Crippen LogP contribution in [-0.2, 0) is 0 Å². The summed E-state index contributed by atoms with van der Waals surface area (Å²) in [5.41, 5.74) is 0. The summed E-state index contributed by atoms with van der Waals surface area (Å²) in [6.45, 7) is 0. The minimum Gasteiger partial charge on any atom is -0.522 e. The highest BCUT2D eigenvalue weighted by atomic mass is 16.4. The van der Waals surface area contributed by atoms with E-state index in [1.165, 1.54) is 6.26 Å². The quantitative estimate of drug-likeness (QED) is 0.441. The molecular weight excluding hydrogens is 82.0 g/mol. The molecule has 6 heavy (non-hydrogen) atoms. The zero-order valence-electron chi connectivity index (χ0n) is 2.89. The largest absolute Gasteiger partial charge is 0.522 e. The zero-order valence-corrected chi connectivity index (χ0v) is 2.89. The summed E-state index contributed by atoms with van der Waals surface area (Å²) in [6.07, 6.45) is 3.49. The fourth-order valence-electron chi connectivity index (χ4n) is 0.201. The Balaban J connectivity index is 3.41. The Morgan fingerprint density at radius 2 is 2.83 bits per heavy atom. The normalized spacial score (nSPS) is 8.67. The van der Waals surface area contributed by atoms with E-state index in [0.29, 0.717) is 0 Å². The summed E-state index contributed by atoms with van der Waals surface area (Å²) in [5, 5.41) is 0. The van der Waals surface area contributed by atoms with Crippen molar-refractivity contribution in [2.45, 2.75) is 0 Å². The van der Waals surface area contributed by atoms with Crippen LogP contribution in [-0.4, -0.2) is 4.98 Å². The maximum Gasteiger partial charge on any atom is 0.250 e. The summed E-state index contributed by atoms with van der Waals surface area (Å²) in [7, 11) is 0. The molecule has 32 valence electrons. The van der Waals surface area contributed by atoms with E-state index in [1.807, 2.05) is 0 Å². The van der Waals surface area contributed by atoms with Gasteiger partial charge in [-0.15, -0.1) is 6.20 Å². The average Bonchev–Trinajstić information content (AvgIpc) is 1.86. The van der Waals surface area contributed by atoms with Gasteiger partial charge in [-0.2, -0.15) is 0 Å². The lowest BCUT2D eigenvalue weighted by Crippen LogP contribution is -1.92. The lowest BCUT2D eigenvalue weighted by atomic mass is 11.0. The Hall–Kier alpha value is -0.990. The van der Waals surface area contributed by atoms with Gasteiger partial charge < -0.3 is 14.2 Å². The van der Waals surface area contributed by atoms with Crippen LogP contribution in [0.5, 0.6) is 0 Å². The van der Waals surface area contributed by atoms with Crippen molar-refractivity contribution in [2.75, 3.05) is 0 Å². The van der Waals surface area contributed by atoms with Crippen LogP contribution in [0.1, 0.15) is 0 Å². The smallest absolute Gasteiger partial charge is 0.250 e. The van der Waals surface area contributed by atoms with E-state index in [1.54, 1.807) is 0 Å². The number of oxazole rings is 1. The fourth-order valence-corrected chi connectivity index (χ4v) is 0.201. The molecule has 0 atom stereocenters. The standard InChI is InChI=1S/C3H2NO2/c5-3-4-1-2-6-3/h2H,(H,4,5)/q-1. The number of hydrogen-bond acceptors (Lipinski definition) is 2. The maximum absolute atomic E-state index is 9.82. The van der Waals surface area contributed by atoms with Crippen LogP contribution in [0.25, 0.3) is 0 Å². The topological polar surface area (TPSA) is 46.0 Å². The first-order valence-corrected chi connectivity index (χ1v) is 1.43. The van der Waals surface area contributed by atoms with Crippen LogP contribution in [0.4, 0.5) is 0 Å². The fraction of sp³-hybridized carbons (Fsp3) is 0. The van der Waals surface area contributed by atoms with E-state index in [-0.39, 0.29) is 0 Å². The Bertz CT molecular complexity index is 147. The Morgan fingerprint density at radius 1 is 2.00 bits per heavy atom. The molecule has 0 spiro atoms. The third-order valence-corrected chi connectivity index (χ3v) is 0.399. The van der Waals surface area contributed by atoms with E-state index in [4.69, 9.17) is 0 Å². The molecule has 0 amide bonds.